The molecule has 2 aromatic carbocycles. The van der Waals surface area contributed by atoms with Crippen molar-refractivity contribution >= 4 is 61.5 Å². The number of hydrogen-bond donors (Lipinski definition) is 3. The van der Waals surface area contributed by atoms with Crippen LogP contribution in [0.25, 0.3) is 10.2 Å². The van der Waals surface area contributed by atoms with Crippen molar-refractivity contribution in [2.75, 3.05) is 23.0 Å². The zero-order chi connectivity index (χ0) is 20.4. The summed E-state index contributed by atoms with van der Waals surface area (Å²) >= 11 is 7.65. The molecule has 1 amide bonds. The van der Waals surface area contributed by atoms with Gasteiger partial charge in [0, 0.05) is 18.7 Å². The van der Waals surface area contributed by atoms with E-state index in [-0.39, 0.29) is 5.91 Å². The molecule has 2 aromatic heterocycles. The van der Waals surface area contributed by atoms with Crippen LogP contribution in [0, 0.1) is 6.92 Å². The summed E-state index contributed by atoms with van der Waals surface area (Å²) in [6.45, 7) is 1.90. The number of fused-ring (bicyclic) bond motifs is 1. The first kappa shape index (κ1) is 19.1. The van der Waals surface area contributed by atoms with Gasteiger partial charge in [0.1, 0.15) is 18.0 Å². The molecule has 2 heterocycles. The lowest BCUT2D eigenvalue weighted by Crippen LogP contribution is -2.13. The van der Waals surface area contributed by atoms with E-state index in [1.54, 1.807) is 25.2 Å². The van der Waals surface area contributed by atoms with Crippen molar-refractivity contribution in [3.63, 3.8) is 0 Å². The number of nitrogens with zero attached hydrogens (tertiary/aromatic N) is 3. The van der Waals surface area contributed by atoms with Gasteiger partial charge in [0.05, 0.1) is 20.9 Å². The Kier molecular flexibility index (Phi) is 5.28. The monoisotopic (exact) mass is 424 g/mol. The van der Waals surface area contributed by atoms with E-state index in [0.29, 0.717) is 33.0 Å². The van der Waals surface area contributed by atoms with Gasteiger partial charge in [-0.25, -0.2) is 15.0 Å². The Morgan fingerprint density at radius 2 is 1.93 bits per heavy atom. The number of amides is 1. The number of aromatic nitrogens is 3. The Hall–Kier alpha value is -3.23. The number of para-hydroxylation sites is 1. The SMILES string of the molecule is CNc1cc(Nc2nc3ccc(C(=O)Nc4c(C)cccc4Cl)cc3s2)ncn1. The first-order valence-corrected chi connectivity index (χ1v) is 9.97. The normalized spacial score (nSPS) is 10.7. The highest BCUT2D eigenvalue weighted by atomic mass is 35.5. The number of aryl methyl sites for hydroxylation is 1. The molecule has 0 saturated heterocycles. The van der Waals surface area contributed by atoms with E-state index >= 15 is 0 Å². The second-order valence-electron chi connectivity index (χ2n) is 6.25. The van der Waals surface area contributed by atoms with E-state index in [2.05, 4.69) is 30.9 Å². The van der Waals surface area contributed by atoms with Crippen molar-refractivity contribution in [3.8, 4) is 0 Å². The molecule has 0 bridgehead atoms. The lowest BCUT2D eigenvalue weighted by molar-refractivity contribution is 0.102. The zero-order valence-electron chi connectivity index (χ0n) is 15.7. The van der Waals surface area contributed by atoms with Crippen molar-refractivity contribution in [2.45, 2.75) is 6.92 Å². The van der Waals surface area contributed by atoms with Crippen molar-refractivity contribution < 1.29 is 4.79 Å². The van der Waals surface area contributed by atoms with Crippen LogP contribution in [0.2, 0.25) is 5.02 Å². The van der Waals surface area contributed by atoms with E-state index in [1.165, 1.54) is 17.7 Å². The third-order valence-electron chi connectivity index (χ3n) is 4.27. The summed E-state index contributed by atoms with van der Waals surface area (Å²) in [5, 5.41) is 10.2. The number of carbonyl (C=O) groups excluding carboxylic acids is 1. The largest absolute Gasteiger partial charge is 0.373 e. The van der Waals surface area contributed by atoms with Crippen LogP contribution in [0.1, 0.15) is 15.9 Å². The molecular formula is C20H17ClN6OS. The van der Waals surface area contributed by atoms with Gasteiger partial charge in [-0.3, -0.25) is 4.79 Å². The third kappa shape index (κ3) is 4.13. The van der Waals surface area contributed by atoms with Gasteiger partial charge < -0.3 is 16.0 Å². The predicted octanol–water partition coefficient (Wildman–Crippen LogP) is 5.09. The van der Waals surface area contributed by atoms with E-state index in [4.69, 9.17) is 11.6 Å². The fraction of sp³-hybridized carbons (Fsp3) is 0.100. The number of rotatable bonds is 5. The van der Waals surface area contributed by atoms with E-state index in [1.807, 2.05) is 31.2 Å². The van der Waals surface area contributed by atoms with Crippen LogP contribution < -0.4 is 16.0 Å². The molecule has 4 aromatic rings. The maximum Gasteiger partial charge on any atom is 0.255 e. The molecule has 0 aliphatic carbocycles. The molecule has 7 nitrogen and oxygen atoms in total. The van der Waals surface area contributed by atoms with Crippen molar-refractivity contribution in [1.82, 2.24) is 15.0 Å². The van der Waals surface area contributed by atoms with Crippen molar-refractivity contribution in [2.24, 2.45) is 0 Å². The quantitative estimate of drug-likeness (QED) is 0.413. The van der Waals surface area contributed by atoms with Gasteiger partial charge in [0.15, 0.2) is 5.13 Å². The van der Waals surface area contributed by atoms with Gasteiger partial charge in [-0.15, -0.1) is 0 Å². The molecule has 0 fully saturated rings. The van der Waals surface area contributed by atoms with E-state index in [9.17, 15) is 4.79 Å². The Labute approximate surface area is 176 Å². The fourth-order valence-corrected chi connectivity index (χ4v) is 3.95. The summed E-state index contributed by atoms with van der Waals surface area (Å²) < 4.78 is 0.888. The van der Waals surface area contributed by atoms with E-state index in [0.717, 1.165) is 15.8 Å². The van der Waals surface area contributed by atoms with Crippen LogP contribution in [-0.2, 0) is 0 Å². The fourth-order valence-electron chi connectivity index (χ4n) is 2.77. The highest BCUT2D eigenvalue weighted by Gasteiger charge is 2.13. The second kappa shape index (κ2) is 8.02. The number of hydrogen-bond acceptors (Lipinski definition) is 7. The summed E-state index contributed by atoms with van der Waals surface area (Å²) in [5.74, 6) is 1.12. The summed E-state index contributed by atoms with van der Waals surface area (Å²) in [6, 6.07) is 12.7. The number of carbonyl (C=O) groups is 1. The van der Waals surface area contributed by atoms with Gasteiger partial charge >= 0.3 is 0 Å². The molecular weight excluding hydrogens is 408 g/mol. The standard InChI is InChI=1S/C20H17ClN6OS/c1-11-4-3-5-13(21)18(11)27-19(28)12-6-7-14-15(8-12)29-20(25-14)26-17-9-16(22-2)23-10-24-17/h3-10H,1-2H3,(H,27,28)(H2,22,23,24,25,26). The molecule has 3 N–H and O–H groups in total. The summed E-state index contributed by atoms with van der Waals surface area (Å²) in [4.78, 5) is 25.5. The Morgan fingerprint density at radius 3 is 2.72 bits per heavy atom. The molecule has 0 spiro atoms. The maximum absolute atomic E-state index is 12.7. The lowest BCUT2D eigenvalue weighted by atomic mass is 10.1. The first-order chi connectivity index (χ1) is 14.0. The molecule has 0 aliphatic heterocycles. The summed E-state index contributed by atoms with van der Waals surface area (Å²) in [7, 11) is 1.79. The third-order valence-corrected chi connectivity index (χ3v) is 5.52. The van der Waals surface area contributed by atoms with Gasteiger partial charge in [-0.1, -0.05) is 35.1 Å². The van der Waals surface area contributed by atoms with Crippen LogP contribution >= 0.6 is 22.9 Å². The van der Waals surface area contributed by atoms with Crippen molar-refractivity contribution in [3.05, 3.63) is 64.9 Å². The average Bonchev–Trinajstić information content (AvgIpc) is 3.12. The second-order valence-corrected chi connectivity index (χ2v) is 7.69. The zero-order valence-corrected chi connectivity index (χ0v) is 17.2. The highest BCUT2D eigenvalue weighted by Crippen LogP contribution is 2.30. The minimum atomic E-state index is -0.222. The number of benzene rings is 2. The number of anilines is 4. The molecule has 0 radical (unpaired) electrons. The Morgan fingerprint density at radius 1 is 1.10 bits per heavy atom. The van der Waals surface area contributed by atoms with Crippen LogP contribution in [0.3, 0.4) is 0 Å². The van der Waals surface area contributed by atoms with Gasteiger partial charge in [0.25, 0.3) is 5.91 Å². The topological polar surface area (TPSA) is 91.8 Å². The Bertz CT molecular complexity index is 1190. The smallest absolute Gasteiger partial charge is 0.255 e. The first-order valence-electron chi connectivity index (χ1n) is 8.77. The molecule has 0 atom stereocenters. The Balaban J connectivity index is 1.57. The summed E-state index contributed by atoms with van der Waals surface area (Å²) in [6.07, 6.45) is 1.47. The molecule has 0 unspecified atom stereocenters. The number of halogens is 1. The average molecular weight is 425 g/mol. The minimum Gasteiger partial charge on any atom is -0.373 e. The predicted molar refractivity (Wildman–Crippen MR) is 119 cm³/mol. The molecule has 29 heavy (non-hydrogen) atoms. The van der Waals surface area contributed by atoms with Crippen LogP contribution in [-0.4, -0.2) is 27.9 Å². The molecule has 0 aliphatic rings. The molecule has 146 valence electrons. The van der Waals surface area contributed by atoms with Gasteiger partial charge in [0.2, 0.25) is 0 Å². The number of nitrogens with one attached hydrogen (secondary N) is 3. The highest BCUT2D eigenvalue weighted by molar-refractivity contribution is 7.22. The van der Waals surface area contributed by atoms with Crippen LogP contribution in [0.5, 0.6) is 0 Å². The van der Waals surface area contributed by atoms with Gasteiger partial charge in [-0.05, 0) is 36.8 Å². The van der Waals surface area contributed by atoms with Crippen molar-refractivity contribution in [1.29, 1.82) is 0 Å². The molecule has 0 saturated carbocycles. The van der Waals surface area contributed by atoms with Crippen LogP contribution in [0.15, 0.2) is 48.8 Å². The minimum absolute atomic E-state index is 0.222. The van der Waals surface area contributed by atoms with E-state index < -0.39 is 0 Å². The lowest BCUT2D eigenvalue weighted by Gasteiger charge is -2.10. The van der Waals surface area contributed by atoms with Gasteiger partial charge in [-0.2, -0.15) is 0 Å². The number of thiazole rings is 1. The summed E-state index contributed by atoms with van der Waals surface area (Å²) in [5.41, 5.74) is 2.86. The molecule has 4 rings (SSSR count). The maximum atomic E-state index is 12.7. The van der Waals surface area contributed by atoms with Crippen LogP contribution in [0.4, 0.5) is 22.5 Å². The molecule has 9 heteroatoms.